The number of rotatable bonds is 5. The maximum absolute atomic E-state index is 12.0. The van der Waals surface area contributed by atoms with Gasteiger partial charge in [0.15, 0.2) is 9.84 Å². The highest BCUT2D eigenvalue weighted by atomic mass is 32.2. The third-order valence-electron chi connectivity index (χ3n) is 4.85. The normalized spacial score (nSPS) is 24.4. The largest absolute Gasteiger partial charge is 0.354 e. The second-order valence-electron chi connectivity index (χ2n) is 6.61. The van der Waals surface area contributed by atoms with Gasteiger partial charge < -0.3 is 15.5 Å². The van der Waals surface area contributed by atoms with Crippen molar-refractivity contribution in [3.63, 3.8) is 0 Å². The molecule has 2 N–H and O–H groups in total. The molecular weight excluding hydrogens is 356 g/mol. The Bertz CT molecular complexity index is 883. The van der Waals surface area contributed by atoms with Gasteiger partial charge in [0.05, 0.1) is 17.5 Å². The first-order valence-electron chi connectivity index (χ1n) is 8.62. The molecule has 0 bridgehead atoms. The van der Waals surface area contributed by atoms with Crippen LogP contribution in [0.2, 0.25) is 0 Å². The number of anilines is 2. The molecule has 0 amide bonds. The summed E-state index contributed by atoms with van der Waals surface area (Å²) in [6, 6.07) is 1.73. The van der Waals surface area contributed by atoms with Crippen molar-refractivity contribution < 1.29 is 8.42 Å². The average molecular weight is 378 g/mol. The Labute approximate surface area is 152 Å². The smallest absolute Gasteiger partial charge is 0.224 e. The molecule has 0 aromatic carbocycles. The second kappa shape index (κ2) is 6.80. The third kappa shape index (κ3) is 3.49. The van der Waals surface area contributed by atoms with Crippen LogP contribution < -0.4 is 15.5 Å². The van der Waals surface area contributed by atoms with Crippen LogP contribution in [0.4, 0.5) is 11.8 Å². The third-order valence-corrected chi connectivity index (χ3v) is 6.57. The Morgan fingerprint density at radius 1 is 1.35 bits per heavy atom. The number of hydrogen-bond donors (Lipinski definition) is 2. The lowest BCUT2D eigenvalue weighted by molar-refractivity contribution is 0.423. The highest BCUT2D eigenvalue weighted by Gasteiger charge is 2.43. The second-order valence-corrected chi connectivity index (χ2v) is 8.77. The summed E-state index contributed by atoms with van der Waals surface area (Å²) >= 11 is 0. The van der Waals surface area contributed by atoms with Crippen LogP contribution in [0.5, 0.6) is 0 Å². The van der Waals surface area contributed by atoms with Crippen molar-refractivity contribution in [2.45, 2.75) is 18.5 Å². The number of piperazine rings is 1. The number of aromatic nitrogens is 5. The van der Waals surface area contributed by atoms with E-state index in [1.807, 2.05) is 13.1 Å². The van der Waals surface area contributed by atoms with E-state index < -0.39 is 9.84 Å². The van der Waals surface area contributed by atoms with E-state index >= 15 is 0 Å². The Kier molecular flexibility index (Phi) is 4.49. The molecule has 0 spiro atoms. The number of nitrogens with zero attached hydrogens (tertiary/aromatic N) is 6. The van der Waals surface area contributed by atoms with Crippen molar-refractivity contribution in [3.05, 3.63) is 24.4 Å². The highest BCUT2D eigenvalue weighted by molar-refractivity contribution is 7.91. The van der Waals surface area contributed by atoms with Crippen LogP contribution in [-0.4, -0.2) is 76.4 Å². The Balaban J connectivity index is 1.44. The molecular formula is C15H22N8O2S. The van der Waals surface area contributed by atoms with Crippen molar-refractivity contribution in [2.24, 2.45) is 7.05 Å². The number of fused-ring (bicyclic) bond motifs is 1. The summed E-state index contributed by atoms with van der Waals surface area (Å²) in [4.78, 5) is 15.1. The molecule has 2 fully saturated rings. The molecule has 4 rings (SSSR count). The van der Waals surface area contributed by atoms with Gasteiger partial charge in [0.25, 0.3) is 0 Å². The lowest BCUT2D eigenvalue weighted by Crippen LogP contribution is -2.57. The monoisotopic (exact) mass is 378 g/mol. The highest BCUT2D eigenvalue weighted by Crippen LogP contribution is 2.25. The van der Waals surface area contributed by atoms with Crippen molar-refractivity contribution in [1.29, 1.82) is 0 Å². The summed E-state index contributed by atoms with van der Waals surface area (Å²) in [5.74, 6) is 2.54. The maximum Gasteiger partial charge on any atom is 0.224 e. The summed E-state index contributed by atoms with van der Waals surface area (Å²) in [5, 5.41) is 10.6. The molecule has 2 aromatic rings. The lowest BCUT2D eigenvalue weighted by Gasteiger charge is -2.38. The predicted octanol–water partition coefficient (Wildman–Crippen LogP) is -1.17. The van der Waals surface area contributed by atoms with Crippen molar-refractivity contribution in [1.82, 2.24) is 30.0 Å². The van der Waals surface area contributed by atoms with E-state index in [-0.39, 0.29) is 23.6 Å². The molecule has 11 heteroatoms. The number of hydrogen-bond acceptors (Lipinski definition) is 9. The molecule has 10 nitrogen and oxygen atoms in total. The molecule has 2 saturated heterocycles. The summed E-state index contributed by atoms with van der Waals surface area (Å²) < 4.78 is 25.7. The van der Waals surface area contributed by atoms with Crippen molar-refractivity contribution in [2.75, 3.05) is 41.4 Å². The minimum Gasteiger partial charge on any atom is -0.354 e. The first-order chi connectivity index (χ1) is 12.5. The van der Waals surface area contributed by atoms with Crippen molar-refractivity contribution in [3.8, 4) is 0 Å². The standard InChI is InChI=1S/C15H22N8O2S/c1-22-13(19-10-20-22)2-4-17-15-18-5-3-14(21-15)23-7-6-16-11-8-26(24,25)9-12(11)23/h3,5,10-12,16H,2,4,6-9H2,1H3,(H,17,18,21)/t11-,12+/m1/s1. The Morgan fingerprint density at radius 2 is 2.23 bits per heavy atom. The van der Waals surface area contributed by atoms with E-state index in [1.165, 1.54) is 6.33 Å². The van der Waals surface area contributed by atoms with E-state index in [1.54, 1.807) is 10.9 Å². The molecule has 2 aliphatic heterocycles. The van der Waals surface area contributed by atoms with Crippen molar-refractivity contribution >= 4 is 21.6 Å². The molecule has 2 aromatic heterocycles. The zero-order chi connectivity index (χ0) is 18.1. The van der Waals surface area contributed by atoms with E-state index in [9.17, 15) is 8.42 Å². The van der Waals surface area contributed by atoms with Crippen LogP contribution in [0, 0.1) is 0 Å². The fraction of sp³-hybridized carbons (Fsp3) is 0.600. The zero-order valence-corrected chi connectivity index (χ0v) is 15.4. The van der Waals surface area contributed by atoms with Gasteiger partial charge in [-0.25, -0.2) is 18.4 Å². The summed E-state index contributed by atoms with van der Waals surface area (Å²) in [5.41, 5.74) is 0. The fourth-order valence-electron chi connectivity index (χ4n) is 3.58. The fourth-order valence-corrected chi connectivity index (χ4v) is 5.53. The van der Waals surface area contributed by atoms with Gasteiger partial charge in [-0.15, -0.1) is 0 Å². The van der Waals surface area contributed by atoms with Gasteiger partial charge in [-0.3, -0.25) is 4.68 Å². The van der Waals surface area contributed by atoms with E-state index in [4.69, 9.17) is 0 Å². The molecule has 0 saturated carbocycles. The van der Waals surface area contributed by atoms with Crippen LogP contribution in [0.1, 0.15) is 5.82 Å². The van der Waals surface area contributed by atoms with Gasteiger partial charge in [0.2, 0.25) is 5.95 Å². The van der Waals surface area contributed by atoms with E-state index in [0.717, 1.165) is 24.7 Å². The number of sulfone groups is 1. The Hall–Kier alpha value is -2.27. The van der Waals surface area contributed by atoms with Gasteiger partial charge in [0.1, 0.15) is 18.0 Å². The lowest BCUT2D eigenvalue weighted by atomic mass is 10.1. The SMILES string of the molecule is Cn1ncnc1CCNc1nccc(N2CCN[C@@H]3CS(=O)(=O)C[C@@H]32)n1. The van der Waals surface area contributed by atoms with Crippen LogP contribution in [-0.2, 0) is 23.3 Å². The maximum atomic E-state index is 12.0. The summed E-state index contributed by atoms with van der Waals surface area (Å²) in [6.07, 6.45) is 3.94. The molecule has 0 unspecified atom stereocenters. The van der Waals surface area contributed by atoms with Crippen LogP contribution in [0.3, 0.4) is 0 Å². The van der Waals surface area contributed by atoms with Gasteiger partial charge in [-0.05, 0) is 6.07 Å². The summed E-state index contributed by atoms with van der Waals surface area (Å²) in [6.45, 7) is 2.11. The predicted molar refractivity (Wildman–Crippen MR) is 96.8 cm³/mol. The molecule has 26 heavy (non-hydrogen) atoms. The van der Waals surface area contributed by atoms with Crippen LogP contribution >= 0.6 is 0 Å². The minimum absolute atomic E-state index is 0.0314. The van der Waals surface area contributed by atoms with Gasteiger partial charge in [-0.1, -0.05) is 0 Å². The van der Waals surface area contributed by atoms with E-state index in [0.29, 0.717) is 18.9 Å². The zero-order valence-electron chi connectivity index (χ0n) is 14.5. The molecule has 2 atom stereocenters. The molecule has 2 aliphatic rings. The number of aryl methyl sites for hydroxylation is 1. The summed E-state index contributed by atoms with van der Waals surface area (Å²) in [7, 11) is -1.14. The first kappa shape index (κ1) is 17.2. The Morgan fingerprint density at radius 3 is 3.04 bits per heavy atom. The quantitative estimate of drug-likeness (QED) is 0.664. The van der Waals surface area contributed by atoms with Crippen LogP contribution in [0.25, 0.3) is 0 Å². The van der Waals surface area contributed by atoms with Gasteiger partial charge >= 0.3 is 0 Å². The average Bonchev–Trinajstić information content (AvgIpc) is 3.16. The van der Waals surface area contributed by atoms with E-state index in [2.05, 4.69) is 35.6 Å². The molecule has 0 radical (unpaired) electrons. The molecule has 0 aliphatic carbocycles. The number of nitrogens with one attached hydrogen (secondary N) is 2. The van der Waals surface area contributed by atoms with Gasteiger partial charge in [0, 0.05) is 45.3 Å². The first-order valence-corrected chi connectivity index (χ1v) is 10.4. The van der Waals surface area contributed by atoms with Crippen LogP contribution in [0.15, 0.2) is 18.6 Å². The topological polar surface area (TPSA) is 118 Å². The molecule has 140 valence electrons. The van der Waals surface area contributed by atoms with Gasteiger partial charge in [-0.2, -0.15) is 10.1 Å². The molecule has 4 heterocycles. The minimum atomic E-state index is -3.00.